The highest BCUT2D eigenvalue weighted by molar-refractivity contribution is 5.92. The largest absolute Gasteiger partial charge is 0.390 e. The summed E-state index contributed by atoms with van der Waals surface area (Å²) in [6.45, 7) is 5.49. The van der Waals surface area contributed by atoms with Crippen LogP contribution in [0.25, 0.3) is 10.8 Å². The summed E-state index contributed by atoms with van der Waals surface area (Å²) in [5.74, 6) is 1.84. The zero-order valence-electron chi connectivity index (χ0n) is 12.2. The first-order valence-electron chi connectivity index (χ1n) is 7.45. The minimum Gasteiger partial charge on any atom is -0.390 e. The third-order valence-electron chi connectivity index (χ3n) is 3.98. The van der Waals surface area contributed by atoms with E-state index in [1.165, 1.54) is 18.2 Å². The Morgan fingerprint density at radius 1 is 1.30 bits per heavy atom. The molecule has 3 rings (SSSR count). The second kappa shape index (κ2) is 5.41. The molecule has 1 saturated carbocycles. The highest BCUT2D eigenvalue weighted by atomic mass is 16.3. The van der Waals surface area contributed by atoms with Gasteiger partial charge in [0.15, 0.2) is 0 Å². The monoisotopic (exact) mass is 270 g/mol. The SMILES string of the molecule is CC(C)N(CC1CC1)c1nc(CO)cc2ccccc12. The lowest BCUT2D eigenvalue weighted by atomic mass is 10.1. The molecule has 0 aliphatic heterocycles. The van der Waals surface area contributed by atoms with Gasteiger partial charge in [-0.3, -0.25) is 0 Å². The summed E-state index contributed by atoms with van der Waals surface area (Å²) < 4.78 is 0. The molecule has 20 heavy (non-hydrogen) atoms. The summed E-state index contributed by atoms with van der Waals surface area (Å²) in [4.78, 5) is 7.09. The molecule has 1 N–H and O–H groups in total. The third-order valence-corrected chi connectivity index (χ3v) is 3.98. The van der Waals surface area contributed by atoms with Crippen molar-refractivity contribution < 1.29 is 5.11 Å². The topological polar surface area (TPSA) is 36.4 Å². The second-order valence-electron chi connectivity index (χ2n) is 6.01. The van der Waals surface area contributed by atoms with E-state index in [9.17, 15) is 5.11 Å². The number of aliphatic hydroxyl groups is 1. The number of hydrogen-bond donors (Lipinski definition) is 1. The van der Waals surface area contributed by atoms with Crippen molar-refractivity contribution >= 4 is 16.6 Å². The fourth-order valence-corrected chi connectivity index (χ4v) is 2.65. The smallest absolute Gasteiger partial charge is 0.137 e. The molecule has 1 aliphatic carbocycles. The maximum Gasteiger partial charge on any atom is 0.137 e. The first kappa shape index (κ1) is 13.4. The lowest BCUT2D eigenvalue weighted by Crippen LogP contribution is -2.33. The molecule has 0 unspecified atom stereocenters. The van der Waals surface area contributed by atoms with Gasteiger partial charge in [0, 0.05) is 18.0 Å². The van der Waals surface area contributed by atoms with Crippen LogP contribution in [0.15, 0.2) is 30.3 Å². The van der Waals surface area contributed by atoms with Gasteiger partial charge < -0.3 is 10.0 Å². The Kier molecular flexibility index (Phi) is 3.62. The minimum absolute atomic E-state index is 0.00675. The Morgan fingerprint density at radius 3 is 2.70 bits per heavy atom. The van der Waals surface area contributed by atoms with Crippen molar-refractivity contribution in [2.24, 2.45) is 5.92 Å². The van der Waals surface area contributed by atoms with Gasteiger partial charge in [0.25, 0.3) is 0 Å². The molecular weight excluding hydrogens is 248 g/mol. The lowest BCUT2D eigenvalue weighted by molar-refractivity contribution is 0.277. The number of nitrogens with zero attached hydrogens (tertiary/aromatic N) is 2. The van der Waals surface area contributed by atoms with Crippen molar-refractivity contribution in [2.75, 3.05) is 11.4 Å². The van der Waals surface area contributed by atoms with Crippen LogP contribution in [0.1, 0.15) is 32.4 Å². The highest BCUT2D eigenvalue weighted by Gasteiger charge is 2.27. The van der Waals surface area contributed by atoms with E-state index in [4.69, 9.17) is 4.98 Å². The first-order chi connectivity index (χ1) is 9.69. The summed E-state index contributed by atoms with van der Waals surface area (Å²) in [7, 11) is 0. The van der Waals surface area contributed by atoms with Crippen LogP contribution in [0.4, 0.5) is 5.82 Å². The Bertz CT molecular complexity index is 605. The molecule has 0 bridgehead atoms. The summed E-state index contributed by atoms with van der Waals surface area (Å²) in [5, 5.41) is 11.8. The van der Waals surface area contributed by atoms with Gasteiger partial charge in [-0.2, -0.15) is 0 Å². The van der Waals surface area contributed by atoms with Crippen LogP contribution < -0.4 is 4.90 Å². The molecule has 0 radical (unpaired) electrons. The fourth-order valence-electron chi connectivity index (χ4n) is 2.65. The van der Waals surface area contributed by atoms with Gasteiger partial charge in [-0.05, 0) is 44.1 Å². The average Bonchev–Trinajstić information content (AvgIpc) is 3.27. The number of aromatic nitrogens is 1. The molecule has 1 aliphatic rings. The Morgan fingerprint density at radius 2 is 2.05 bits per heavy atom. The molecule has 3 nitrogen and oxygen atoms in total. The lowest BCUT2D eigenvalue weighted by Gasteiger charge is -2.29. The Balaban J connectivity index is 2.10. The summed E-state index contributed by atoms with van der Waals surface area (Å²) in [6, 6.07) is 10.7. The number of aliphatic hydroxyl groups excluding tert-OH is 1. The van der Waals surface area contributed by atoms with Crippen molar-refractivity contribution in [3.8, 4) is 0 Å². The summed E-state index contributed by atoms with van der Waals surface area (Å²) >= 11 is 0. The Labute approximate surface area is 120 Å². The predicted molar refractivity (Wildman–Crippen MR) is 82.9 cm³/mol. The second-order valence-corrected chi connectivity index (χ2v) is 6.01. The molecule has 0 saturated heterocycles. The molecule has 2 aromatic rings. The number of rotatable bonds is 5. The Hall–Kier alpha value is -1.61. The highest BCUT2D eigenvalue weighted by Crippen LogP contribution is 2.34. The molecule has 0 atom stereocenters. The van der Waals surface area contributed by atoms with E-state index >= 15 is 0 Å². The molecule has 3 heteroatoms. The van der Waals surface area contributed by atoms with Crippen LogP contribution in [-0.4, -0.2) is 22.7 Å². The molecule has 0 amide bonds. The third kappa shape index (κ3) is 2.63. The number of fused-ring (bicyclic) bond motifs is 1. The van der Waals surface area contributed by atoms with E-state index in [0.29, 0.717) is 6.04 Å². The quantitative estimate of drug-likeness (QED) is 0.905. The zero-order chi connectivity index (χ0) is 14.1. The van der Waals surface area contributed by atoms with E-state index in [2.05, 4.69) is 36.9 Å². The van der Waals surface area contributed by atoms with Crippen molar-refractivity contribution in [3.63, 3.8) is 0 Å². The summed E-state index contributed by atoms with van der Waals surface area (Å²) in [5.41, 5.74) is 0.750. The van der Waals surface area contributed by atoms with Crippen molar-refractivity contribution in [1.29, 1.82) is 0 Å². The number of hydrogen-bond acceptors (Lipinski definition) is 3. The van der Waals surface area contributed by atoms with Crippen LogP contribution in [0.5, 0.6) is 0 Å². The number of pyridine rings is 1. The molecule has 1 heterocycles. The molecule has 0 spiro atoms. The van der Waals surface area contributed by atoms with Crippen molar-refractivity contribution in [3.05, 3.63) is 36.0 Å². The van der Waals surface area contributed by atoms with E-state index in [1.807, 2.05) is 12.1 Å². The van der Waals surface area contributed by atoms with Gasteiger partial charge in [0.2, 0.25) is 0 Å². The summed E-state index contributed by atoms with van der Waals surface area (Å²) in [6.07, 6.45) is 2.67. The normalized spacial score (nSPS) is 15.0. The van der Waals surface area contributed by atoms with Gasteiger partial charge in [0.1, 0.15) is 5.82 Å². The number of benzene rings is 1. The predicted octanol–water partition coefficient (Wildman–Crippen LogP) is 3.35. The first-order valence-corrected chi connectivity index (χ1v) is 7.45. The van der Waals surface area contributed by atoms with Gasteiger partial charge >= 0.3 is 0 Å². The van der Waals surface area contributed by atoms with E-state index in [1.54, 1.807) is 0 Å². The van der Waals surface area contributed by atoms with E-state index in [-0.39, 0.29) is 6.61 Å². The fraction of sp³-hybridized carbons (Fsp3) is 0.471. The van der Waals surface area contributed by atoms with Crippen LogP contribution in [0.2, 0.25) is 0 Å². The van der Waals surface area contributed by atoms with Crippen molar-refractivity contribution in [1.82, 2.24) is 4.98 Å². The van der Waals surface area contributed by atoms with Gasteiger partial charge in [-0.15, -0.1) is 0 Å². The molecular formula is C17H22N2O. The average molecular weight is 270 g/mol. The van der Waals surface area contributed by atoms with Crippen LogP contribution >= 0.6 is 0 Å². The van der Waals surface area contributed by atoms with Gasteiger partial charge in [0.05, 0.1) is 12.3 Å². The van der Waals surface area contributed by atoms with Crippen LogP contribution in [0, 0.1) is 5.92 Å². The van der Waals surface area contributed by atoms with Crippen molar-refractivity contribution in [2.45, 2.75) is 39.3 Å². The standard InChI is InChI=1S/C17H22N2O/c1-12(2)19(10-13-7-8-13)17-16-6-4-3-5-14(16)9-15(11-20)18-17/h3-6,9,12-13,20H,7-8,10-11H2,1-2H3. The van der Waals surface area contributed by atoms with Gasteiger partial charge in [-0.25, -0.2) is 4.98 Å². The maximum atomic E-state index is 9.46. The zero-order valence-corrected chi connectivity index (χ0v) is 12.2. The van der Waals surface area contributed by atoms with Crippen LogP contribution in [0.3, 0.4) is 0 Å². The van der Waals surface area contributed by atoms with Crippen LogP contribution in [-0.2, 0) is 6.61 Å². The number of anilines is 1. The molecule has 106 valence electrons. The maximum absolute atomic E-state index is 9.46. The molecule has 1 fully saturated rings. The van der Waals surface area contributed by atoms with E-state index < -0.39 is 0 Å². The minimum atomic E-state index is -0.00675. The van der Waals surface area contributed by atoms with Gasteiger partial charge in [-0.1, -0.05) is 24.3 Å². The molecule has 1 aromatic carbocycles. The molecule has 1 aromatic heterocycles. The van der Waals surface area contributed by atoms with E-state index in [0.717, 1.165) is 29.4 Å².